The highest BCUT2D eigenvalue weighted by atomic mass is 32.2. The van der Waals surface area contributed by atoms with Crippen LogP contribution in [-0.4, -0.2) is 42.3 Å². The fourth-order valence-electron chi connectivity index (χ4n) is 3.84. The minimum Gasteiger partial charge on any atom is -0.352 e. The third-order valence-corrected chi connectivity index (χ3v) is 7.05. The van der Waals surface area contributed by atoms with E-state index in [1.807, 2.05) is 0 Å². The Morgan fingerprint density at radius 1 is 0.914 bits per heavy atom. The Labute approximate surface area is 201 Å². The summed E-state index contributed by atoms with van der Waals surface area (Å²) in [6, 6.07) is 14.2. The minimum atomic E-state index is -4.24. The second kappa shape index (κ2) is 9.15. The summed E-state index contributed by atoms with van der Waals surface area (Å²) in [5.74, 6) is -2.32. The third-order valence-electron chi connectivity index (χ3n) is 5.38. The van der Waals surface area contributed by atoms with Crippen LogP contribution in [0.15, 0.2) is 71.8 Å². The summed E-state index contributed by atoms with van der Waals surface area (Å²) in [7, 11) is -4.24. The number of amides is 2. The fourth-order valence-corrected chi connectivity index (χ4v) is 5.24. The molecule has 0 atom stereocenters. The zero-order valence-corrected chi connectivity index (χ0v) is 19.7. The summed E-state index contributed by atoms with van der Waals surface area (Å²) in [6.07, 6.45) is 2.37. The second-order valence-corrected chi connectivity index (χ2v) is 9.73. The lowest BCUT2D eigenvalue weighted by Gasteiger charge is -2.18. The average molecular weight is 492 g/mol. The number of Topliss-reactive ketones (excluding diaryl/α,β-unsaturated/α-hetero) is 1. The van der Waals surface area contributed by atoms with Crippen molar-refractivity contribution < 1.29 is 27.6 Å². The van der Waals surface area contributed by atoms with Gasteiger partial charge in [0.25, 0.3) is 10.0 Å². The zero-order valence-electron chi connectivity index (χ0n) is 18.9. The van der Waals surface area contributed by atoms with Gasteiger partial charge in [-0.1, -0.05) is 30.3 Å². The van der Waals surface area contributed by atoms with Crippen molar-refractivity contribution in [3.63, 3.8) is 0 Å². The Bertz CT molecular complexity index is 1500. The van der Waals surface area contributed by atoms with Crippen LogP contribution in [0.1, 0.15) is 29.9 Å². The van der Waals surface area contributed by atoms with E-state index in [0.717, 1.165) is 10.0 Å². The predicted octanol–water partition coefficient (Wildman–Crippen LogP) is 2.64. The molecule has 1 aliphatic carbocycles. The van der Waals surface area contributed by atoms with Gasteiger partial charge < -0.3 is 10.6 Å². The first-order valence-corrected chi connectivity index (χ1v) is 12.0. The number of benzene rings is 2. The molecule has 0 fully saturated rings. The number of rotatable bonds is 6. The van der Waals surface area contributed by atoms with E-state index < -0.39 is 21.6 Å². The molecule has 1 heterocycles. The first-order chi connectivity index (χ1) is 16.6. The molecule has 178 valence electrons. The van der Waals surface area contributed by atoms with Crippen LogP contribution in [0.2, 0.25) is 0 Å². The molecule has 0 radical (unpaired) electrons. The molecule has 0 saturated carbocycles. The highest BCUT2D eigenvalue weighted by molar-refractivity contribution is 7.90. The van der Waals surface area contributed by atoms with Gasteiger partial charge in [0, 0.05) is 43.4 Å². The molecular formula is C25H21N3O6S. The van der Waals surface area contributed by atoms with Gasteiger partial charge in [0.05, 0.1) is 16.2 Å². The highest BCUT2D eigenvalue weighted by Crippen LogP contribution is 2.37. The first-order valence-electron chi connectivity index (χ1n) is 10.6. The van der Waals surface area contributed by atoms with Crippen LogP contribution >= 0.6 is 0 Å². The molecular weight excluding hydrogens is 470 g/mol. The van der Waals surface area contributed by atoms with E-state index in [-0.39, 0.29) is 45.6 Å². The number of carbonyl (C=O) groups excluding carboxylic acids is 4. The summed E-state index contributed by atoms with van der Waals surface area (Å²) in [5.41, 5.74) is 1.44. The van der Waals surface area contributed by atoms with E-state index >= 15 is 0 Å². The van der Waals surface area contributed by atoms with Gasteiger partial charge in [-0.05, 0) is 35.9 Å². The molecule has 2 N–H and O–H groups in total. The van der Waals surface area contributed by atoms with Crippen molar-refractivity contribution in [2.24, 2.45) is 0 Å². The largest absolute Gasteiger partial charge is 0.352 e. The second-order valence-electron chi connectivity index (χ2n) is 7.91. The van der Waals surface area contributed by atoms with Crippen LogP contribution in [0.25, 0.3) is 16.7 Å². The quantitative estimate of drug-likeness (QED) is 0.510. The number of anilines is 1. The van der Waals surface area contributed by atoms with E-state index in [0.29, 0.717) is 11.3 Å². The number of carbonyl (C=O) groups is 4. The molecule has 4 rings (SSSR count). The predicted molar refractivity (Wildman–Crippen MR) is 129 cm³/mol. The monoisotopic (exact) mass is 491 g/mol. The molecule has 1 aromatic heterocycles. The summed E-state index contributed by atoms with van der Waals surface area (Å²) in [5, 5.41) is 5.14. The standard InChI is InChI=1S/C25H21N3O6S/c1-15(29)26-13-18-12-22(31)25(32)23-21(17-6-4-3-5-7-17)14-28(24(18)23)35(33,34)20-10-8-19(9-11-20)27-16(2)30/h3-12,14H,13H2,1-2H3,(H,26,29)(H,27,30). The molecule has 0 aliphatic heterocycles. The summed E-state index contributed by atoms with van der Waals surface area (Å²) in [6.45, 7) is 2.48. The van der Waals surface area contributed by atoms with Gasteiger partial charge >= 0.3 is 0 Å². The van der Waals surface area contributed by atoms with Crippen molar-refractivity contribution in [2.45, 2.75) is 18.7 Å². The van der Waals surface area contributed by atoms with Crippen molar-refractivity contribution >= 4 is 44.7 Å². The maximum absolute atomic E-state index is 13.7. The summed E-state index contributed by atoms with van der Waals surface area (Å²) in [4.78, 5) is 48.2. The van der Waals surface area contributed by atoms with Crippen molar-refractivity contribution in [2.75, 3.05) is 11.9 Å². The maximum atomic E-state index is 13.7. The van der Waals surface area contributed by atoms with Gasteiger partial charge in [0.15, 0.2) is 0 Å². The molecule has 10 heteroatoms. The number of ketones is 2. The fraction of sp³-hybridized carbons (Fsp3) is 0.120. The highest BCUT2D eigenvalue weighted by Gasteiger charge is 2.36. The van der Waals surface area contributed by atoms with Gasteiger partial charge in [0.2, 0.25) is 23.4 Å². The van der Waals surface area contributed by atoms with Crippen LogP contribution in [-0.2, 0) is 24.4 Å². The molecule has 9 nitrogen and oxygen atoms in total. The maximum Gasteiger partial charge on any atom is 0.268 e. The molecule has 2 amide bonds. The lowest BCUT2D eigenvalue weighted by molar-refractivity contribution is -0.118. The van der Waals surface area contributed by atoms with Gasteiger partial charge in [0.1, 0.15) is 0 Å². The molecule has 0 spiro atoms. The Morgan fingerprint density at radius 2 is 1.57 bits per heavy atom. The molecule has 3 aromatic rings. The number of nitrogens with one attached hydrogen (secondary N) is 2. The van der Waals surface area contributed by atoms with Crippen LogP contribution in [0.3, 0.4) is 0 Å². The van der Waals surface area contributed by atoms with Crippen molar-refractivity contribution in [3.8, 4) is 11.1 Å². The molecule has 0 bridgehead atoms. The smallest absolute Gasteiger partial charge is 0.268 e. The number of hydrogen-bond donors (Lipinski definition) is 2. The summed E-state index contributed by atoms with van der Waals surface area (Å²) >= 11 is 0. The Kier molecular flexibility index (Phi) is 6.23. The molecule has 0 unspecified atom stereocenters. The topological polar surface area (TPSA) is 131 Å². The van der Waals surface area contributed by atoms with Gasteiger partial charge in [-0.15, -0.1) is 0 Å². The normalized spacial score (nSPS) is 13.1. The Hall–Kier alpha value is -4.31. The SMILES string of the molecule is CC(=O)NCC1=CC(=O)C(=O)c2c(-c3ccccc3)cn(S(=O)(=O)c3ccc(NC(C)=O)cc3)c21. The third kappa shape index (κ3) is 4.56. The lowest BCUT2D eigenvalue weighted by Crippen LogP contribution is -2.28. The number of allylic oxidation sites excluding steroid dienone is 1. The van der Waals surface area contributed by atoms with Gasteiger partial charge in [-0.2, -0.15) is 0 Å². The van der Waals surface area contributed by atoms with Gasteiger partial charge in [-0.3, -0.25) is 19.2 Å². The first kappa shape index (κ1) is 23.8. The van der Waals surface area contributed by atoms with Gasteiger partial charge in [-0.25, -0.2) is 12.4 Å². The zero-order chi connectivity index (χ0) is 25.3. The lowest BCUT2D eigenvalue weighted by atomic mass is 9.90. The van der Waals surface area contributed by atoms with Crippen molar-refractivity contribution in [1.82, 2.24) is 9.29 Å². The minimum absolute atomic E-state index is 0.0214. The van der Waals surface area contributed by atoms with E-state index in [2.05, 4.69) is 10.6 Å². The molecule has 35 heavy (non-hydrogen) atoms. The number of hydrogen-bond acceptors (Lipinski definition) is 6. The van der Waals surface area contributed by atoms with Crippen LogP contribution < -0.4 is 10.6 Å². The Balaban J connectivity index is 1.94. The number of nitrogens with zero attached hydrogens (tertiary/aromatic N) is 1. The number of fused-ring (bicyclic) bond motifs is 1. The van der Waals surface area contributed by atoms with E-state index in [4.69, 9.17) is 0 Å². The molecule has 2 aromatic carbocycles. The van der Waals surface area contributed by atoms with E-state index in [9.17, 15) is 27.6 Å². The summed E-state index contributed by atoms with van der Waals surface area (Å²) < 4.78 is 28.4. The molecule has 0 saturated heterocycles. The van der Waals surface area contributed by atoms with E-state index in [1.165, 1.54) is 44.3 Å². The van der Waals surface area contributed by atoms with Crippen LogP contribution in [0.4, 0.5) is 5.69 Å². The van der Waals surface area contributed by atoms with Crippen LogP contribution in [0, 0.1) is 0 Å². The van der Waals surface area contributed by atoms with Crippen molar-refractivity contribution in [1.29, 1.82) is 0 Å². The number of aromatic nitrogens is 1. The van der Waals surface area contributed by atoms with Crippen LogP contribution in [0.5, 0.6) is 0 Å². The van der Waals surface area contributed by atoms with E-state index in [1.54, 1.807) is 30.3 Å². The van der Waals surface area contributed by atoms with Crippen molar-refractivity contribution in [3.05, 3.63) is 78.1 Å². The average Bonchev–Trinajstić information content (AvgIpc) is 3.23. The Morgan fingerprint density at radius 3 is 2.17 bits per heavy atom. The molecule has 1 aliphatic rings.